The molecule has 2 rings (SSSR count). The largest absolute Gasteiger partial charge is 0.298 e. The summed E-state index contributed by atoms with van der Waals surface area (Å²) in [5, 5.41) is 0. The number of carbonyl (C=O) groups excluding carboxylic acids is 1. The molecule has 0 spiro atoms. The van der Waals surface area contributed by atoms with E-state index in [1.54, 1.807) is 0 Å². The van der Waals surface area contributed by atoms with Gasteiger partial charge in [-0.15, -0.1) is 0 Å². The minimum Gasteiger partial charge on any atom is -0.298 e. The highest BCUT2D eigenvalue weighted by atomic mass is 16.1. The molecule has 0 saturated heterocycles. The molecule has 1 nitrogen and oxygen atoms in total. The Kier molecular flexibility index (Phi) is 2.97. The summed E-state index contributed by atoms with van der Waals surface area (Å²) < 4.78 is 0. The molecule has 0 heterocycles. The summed E-state index contributed by atoms with van der Waals surface area (Å²) in [5.41, 5.74) is 4.03. The van der Waals surface area contributed by atoms with Crippen LogP contribution >= 0.6 is 0 Å². The van der Waals surface area contributed by atoms with Gasteiger partial charge < -0.3 is 0 Å². The zero-order valence-electron chi connectivity index (χ0n) is 8.89. The molecule has 2 aromatic carbocycles. The van der Waals surface area contributed by atoms with Crippen molar-refractivity contribution in [1.82, 2.24) is 0 Å². The second-order valence-corrected chi connectivity index (χ2v) is 3.53. The Morgan fingerprint density at radius 2 is 1.62 bits per heavy atom. The summed E-state index contributed by atoms with van der Waals surface area (Å²) in [5.74, 6) is 0. The van der Waals surface area contributed by atoms with Crippen molar-refractivity contribution in [3.05, 3.63) is 66.2 Å². The van der Waals surface area contributed by atoms with Gasteiger partial charge in [0.25, 0.3) is 0 Å². The molecule has 78 valence electrons. The van der Waals surface area contributed by atoms with Crippen LogP contribution in [-0.4, -0.2) is 6.29 Å². The molecule has 2 aromatic rings. The minimum absolute atomic E-state index is 0.694. The predicted octanol–water partition coefficient (Wildman–Crippen LogP) is 3.81. The van der Waals surface area contributed by atoms with Gasteiger partial charge in [0.15, 0.2) is 0 Å². The van der Waals surface area contributed by atoms with Gasteiger partial charge in [-0.25, -0.2) is 0 Å². The van der Waals surface area contributed by atoms with Crippen molar-refractivity contribution in [3.8, 4) is 11.1 Å². The molecule has 0 N–H and O–H groups in total. The molecule has 0 atom stereocenters. The Balaban J connectivity index is 2.49. The summed E-state index contributed by atoms with van der Waals surface area (Å²) in [7, 11) is 0. The van der Waals surface area contributed by atoms with Crippen molar-refractivity contribution in [2.75, 3.05) is 0 Å². The first-order valence-electron chi connectivity index (χ1n) is 5.12. The van der Waals surface area contributed by atoms with Crippen molar-refractivity contribution >= 4 is 12.4 Å². The highest BCUT2D eigenvalue weighted by molar-refractivity contribution is 5.79. The lowest BCUT2D eigenvalue weighted by Crippen LogP contribution is -1.84. The van der Waals surface area contributed by atoms with Crippen molar-refractivity contribution in [3.63, 3.8) is 0 Å². The Labute approximate surface area is 95.1 Å². The van der Waals surface area contributed by atoms with Gasteiger partial charge in [0, 0.05) is 5.56 Å². The number of hydrogen-bond donors (Lipinski definition) is 0. The topological polar surface area (TPSA) is 17.1 Å². The van der Waals surface area contributed by atoms with E-state index in [0.29, 0.717) is 5.56 Å². The average molecular weight is 208 g/mol. The first-order chi connectivity index (χ1) is 7.85. The molecule has 0 aromatic heterocycles. The van der Waals surface area contributed by atoms with E-state index in [4.69, 9.17) is 0 Å². The summed E-state index contributed by atoms with van der Waals surface area (Å²) >= 11 is 0. The van der Waals surface area contributed by atoms with Crippen LogP contribution in [0.5, 0.6) is 0 Å². The molecule has 0 aliphatic rings. The van der Waals surface area contributed by atoms with Gasteiger partial charge in [-0.2, -0.15) is 0 Å². The first-order valence-corrected chi connectivity index (χ1v) is 5.12. The Morgan fingerprint density at radius 1 is 0.938 bits per heavy atom. The highest BCUT2D eigenvalue weighted by Crippen LogP contribution is 2.24. The molecular weight excluding hydrogens is 196 g/mol. The highest BCUT2D eigenvalue weighted by Gasteiger charge is 2.01. The third-order valence-electron chi connectivity index (χ3n) is 2.54. The van der Waals surface area contributed by atoms with E-state index in [0.717, 1.165) is 23.0 Å². The number of benzene rings is 2. The summed E-state index contributed by atoms with van der Waals surface area (Å²) in [6.45, 7) is 3.79. The monoisotopic (exact) mass is 208 g/mol. The molecule has 0 radical (unpaired) electrons. The lowest BCUT2D eigenvalue weighted by molar-refractivity contribution is 0.112. The van der Waals surface area contributed by atoms with E-state index in [2.05, 4.69) is 6.58 Å². The average Bonchev–Trinajstić information content (AvgIpc) is 2.39. The van der Waals surface area contributed by atoms with Gasteiger partial charge in [0.05, 0.1) is 0 Å². The fourth-order valence-electron chi connectivity index (χ4n) is 1.68. The maximum atomic E-state index is 10.6. The second-order valence-electron chi connectivity index (χ2n) is 3.53. The van der Waals surface area contributed by atoms with E-state index < -0.39 is 0 Å². The van der Waals surface area contributed by atoms with Crippen LogP contribution in [0.3, 0.4) is 0 Å². The molecule has 0 saturated carbocycles. The van der Waals surface area contributed by atoms with Crippen LogP contribution in [0, 0.1) is 0 Å². The maximum absolute atomic E-state index is 10.6. The summed E-state index contributed by atoms with van der Waals surface area (Å²) in [4.78, 5) is 10.6. The molecule has 0 fully saturated rings. The zero-order chi connectivity index (χ0) is 11.4. The second kappa shape index (κ2) is 4.58. The predicted molar refractivity (Wildman–Crippen MR) is 67.4 cm³/mol. The van der Waals surface area contributed by atoms with E-state index in [1.165, 1.54) is 0 Å². The first kappa shape index (κ1) is 10.4. The molecule has 0 aliphatic heterocycles. The van der Waals surface area contributed by atoms with E-state index in [-0.39, 0.29) is 0 Å². The van der Waals surface area contributed by atoms with Gasteiger partial charge in [-0.1, -0.05) is 61.2 Å². The van der Waals surface area contributed by atoms with Crippen LogP contribution in [0.4, 0.5) is 0 Å². The van der Waals surface area contributed by atoms with Crippen LogP contribution in [0.2, 0.25) is 0 Å². The fourth-order valence-corrected chi connectivity index (χ4v) is 1.68. The minimum atomic E-state index is 0.694. The molecule has 0 aliphatic carbocycles. The Morgan fingerprint density at radius 3 is 2.25 bits per heavy atom. The van der Waals surface area contributed by atoms with Crippen LogP contribution in [-0.2, 0) is 0 Å². The maximum Gasteiger partial charge on any atom is 0.150 e. The third-order valence-corrected chi connectivity index (χ3v) is 2.54. The smallest absolute Gasteiger partial charge is 0.150 e. The fraction of sp³-hybridized carbons (Fsp3) is 0. The number of rotatable bonds is 3. The Hall–Kier alpha value is -2.15. The lowest BCUT2D eigenvalue weighted by atomic mass is 9.99. The van der Waals surface area contributed by atoms with Gasteiger partial charge in [0.2, 0.25) is 0 Å². The van der Waals surface area contributed by atoms with Gasteiger partial charge in [0.1, 0.15) is 6.29 Å². The zero-order valence-corrected chi connectivity index (χ0v) is 8.89. The van der Waals surface area contributed by atoms with Crippen molar-refractivity contribution < 1.29 is 4.79 Å². The van der Waals surface area contributed by atoms with E-state index in [9.17, 15) is 4.79 Å². The van der Waals surface area contributed by atoms with Gasteiger partial charge in [-0.05, 0) is 16.7 Å². The van der Waals surface area contributed by atoms with Crippen LogP contribution in [0.1, 0.15) is 15.9 Å². The van der Waals surface area contributed by atoms with Crippen LogP contribution < -0.4 is 0 Å². The molecule has 16 heavy (non-hydrogen) atoms. The number of hydrogen-bond acceptors (Lipinski definition) is 1. The summed E-state index contributed by atoms with van der Waals surface area (Å²) in [6.07, 6.45) is 2.69. The molecule has 0 bridgehead atoms. The molecule has 1 heteroatoms. The van der Waals surface area contributed by atoms with E-state index in [1.807, 2.05) is 54.6 Å². The quantitative estimate of drug-likeness (QED) is 0.701. The van der Waals surface area contributed by atoms with Crippen molar-refractivity contribution in [1.29, 1.82) is 0 Å². The van der Waals surface area contributed by atoms with E-state index >= 15 is 0 Å². The van der Waals surface area contributed by atoms with Crippen molar-refractivity contribution in [2.24, 2.45) is 0 Å². The van der Waals surface area contributed by atoms with Crippen molar-refractivity contribution in [2.45, 2.75) is 0 Å². The molecule has 0 unspecified atom stereocenters. The van der Waals surface area contributed by atoms with Crippen LogP contribution in [0.15, 0.2) is 55.1 Å². The normalized spacial score (nSPS) is 9.75. The standard InChI is InChI=1S/C15H12O/c1-2-13-5-3-4-6-15(13)14-9-7-12(11-16)8-10-14/h2-11H,1H2. The molecule has 0 amide bonds. The SMILES string of the molecule is C=Cc1ccccc1-c1ccc(C=O)cc1. The number of carbonyl (C=O) groups is 1. The summed E-state index contributed by atoms with van der Waals surface area (Å²) in [6, 6.07) is 15.6. The van der Waals surface area contributed by atoms with Gasteiger partial charge >= 0.3 is 0 Å². The lowest BCUT2D eigenvalue weighted by Gasteiger charge is -2.05. The third kappa shape index (κ3) is 1.94. The Bertz CT molecular complexity index is 509. The molecular formula is C15H12O. The van der Waals surface area contributed by atoms with Gasteiger partial charge in [-0.3, -0.25) is 4.79 Å². The number of aldehydes is 1. The van der Waals surface area contributed by atoms with Crippen LogP contribution in [0.25, 0.3) is 17.2 Å².